The standard InChI is InChI=1S/C21H21FN4O2/c1-13(2)28-21-24-19(15-4-3-5-16(22)12-15)26(25-21)18-10-8-17(9-11-18)23-20(27)14-6-7-14/h3-5,8-14H,6-7H2,1-2H3,(H,23,27). The van der Waals surface area contributed by atoms with E-state index in [1.165, 1.54) is 12.1 Å². The zero-order chi connectivity index (χ0) is 19.7. The quantitative estimate of drug-likeness (QED) is 0.696. The first-order valence-corrected chi connectivity index (χ1v) is 9.30. The van der Waals surface area contributed by atoms with Crippen molar-refractivity contribution in [1.29, 1.82) is 0 Å². The molecule has 1 heterocycles. The van der Waals surface area contributed by atoms with Crippen LogP contribution in [0.25, 0.3) is 17.1 Å². The number of rotatable bonds is 6. The number of ether oxygens (including phenoxy) is 1. The van der Waals surface area contributed by atoms with Gasteiger partial charge in [0.05, 0.1) is 11.8 Å². The molecule has 0 radical (unpaired) electrons. The fourth-order valence-corrected chi connectivity index (χ4v) is 2.82. The van der Waals surface area contributed by atoms with Crippen molar-refractivity contribution in [1.82, 2.24) is 14.8 Å². The molecule has 1 fully saturated rings. The first kappa shape index (κ1) is 18.2. The average Bonchev–Trinajstić information content (AvgIpc) is 3.43. The van der Waals surface area contributed by atoms with Gasteiger partial charge in [-0.2, -0.15) is 4.98 Å². The largest absolute Gasteiger partial charge is 0.460 e. The Kier molecular flexibility index (Phi) is 4.81. The minimum atomic E-state index is -0.350. The summed E-state index contributed by atoms with van der Waals surface area (Å²) in [5, 5.41) is 7.34. The van der Waals surface area contributed by atoms with E-state index >= 15 is 0 Å². The van der Waals surface area contributed by atoms with Gasteiger partial charge in [0.1, 0.15) is 5.82 Å². The zero-order valence-corrected chi connectivity index (χ0v) is 15.7. The number of carbonyl (C=O) groups excluding carboxylic acids is 1. The molecule has 0 atom stereocenters. The van der Waals surface area contributed by atoms with Crippen LogP contribution in [-0.2, 0) is 4.79 Å². The van der Waals surface area contributed by atoms with Crippen LogP contribution < -0.4 is 10.1 Å². The fraction of sp³-hybridized carbons (Fsp3) is 0.286. The Bertz CT molecular complexity index is 994. The molecule has 1 aromatic heterocycles. The maximum atomic E-state index is 13.7. The van der Waals surface area contributed by atoms with Gasteiger partial charge in [-0.25, -0.2) is 9.07 Å². The predicted molar refractivity (Wildman–Crippen MR) is 104 cm³/mol. The Morgan fingerprint density at radius 3 is 2.61 bits per heavy atom. The summed E-state index contributed by atoms with van der Waals surface area (Å²) in [6, 6.07) is 13.7. The third kappa shape index (κ3) is 4.03. The van der Waals surface area contributed by atoms with Gasteiger partial charge in [-0.15, -0.1) is 5.10 Å². The van der Waals surface area contributed by atoms with Gasteiger partial charge in [0.25, 0.3) is 0 Å². The molecule has 1 amide bonds. The molecule has 7 heteroatoms. The van der Waals surface area contributed by atoms with E-state index in [-0.39, 0.29) is 29.8 Å². The summed E-state index contributed by atoms with van der Waals surface area (Å²) >= 11 is 0. The Labute approximate surface area is 162 Å². The summed E-state index contributed by atoms with van der Waals surface area (Å²) in [5.74, 6) is 0.327. The van der Waals surface area contributed by atoms with Crippen molar-refractivity contribution in [2.24, 2.45) is 5.92 Å². The lowest BCUT2D eigenvalue weighted by atomic mass is 10.2. The molecule has 0 aliphatic heterocycles. The number of nitrogens with zero attached hydrogens (tertiary/aromatic N) is 3. The zero-order valence-electron chi connectivity index (χ0n) is 15.7. The van der Waals surface area contributed by atoms with E-state index in [0.717, 1.165) is 24.2 Å². The second-order valence-electron chi connectivity index (χ2n) is 7.12. The highest BCUT2D eigenvalue weighted by Gasteiger charge is 2.29. The van der Waals surface area contributed by atoms with Gasteiger partial charge in [0.15, 0.2) is 5.82 Å². The number of amides is 1. The lowest BCUT2D eigenvalue weighted by molar-refractivity contribution is -0.117. The third-order valence-corrected chi connectivity index (χ3v) is 4.34. The molecule has 0 unspecified atom stereocenters. The van der Waals surface area contributed by atoms with Gasteiger partial charge in [0, 0.05) is 17.2 Å². The number of carbonyl (C=O) groups is 1. The Balaban J connectivity index is 1.67. The normalized spacial score (nSPS) is 13.6. The molecule has 28 heavy (non-hydrogen) atoms. The third-order valence-electron chi connectivity index (χ3n) is 4.34. The summed E-state index contributed by atoms with van der Waals surface area (Å²) in [5.41, 5.74) is 2.05. The minimum Gasteiger partial charge on any atom is -0.460 e. The van der Waals surface area contributed by atoms with Crippen molar-refractivity contribution in [3.05, 3.63) is 54.3 Å². The van der Waals surface area contributed by atoms with Gasteiger partial charge >= 0.3 is 6.01 Å². The van der Waals surface area contributed by atoms with E-state index in [2.05, 4.69) is 15.4 Å². The lowest BCUT2D eigenvalue weighted by Gasteiger charge is -2.08. The number of halogens is 1. The highest BCUT2D eigenvalue weighted by atomic mass is 19.1. The Morgan fingerprint density at radius 1 is 1.21 bits per heavy atom. The van der Waals surface area contributed by atoms with Gasteiger partial charge < -0.3 is 10.1 Å². The fourth-order valence-electron chi connectivity index (χ4n) is 2.82. The molecule has 6 nitrogen and oxygen atoms in total. The summed E-state index contributed by atoms with van der Waals surface area (Å²) < 4.78 is 21.0. The van der Waals surface area contributed by atoms with Crippen molar-refractivity contribution in [3.8, 4) is 23.1 Å². The van der Waals surface area contributed by atoms with Crippen LogP contribution in [0.1, 0.15) is 26.7 Å². The molecule has 0 saturated heterocycles. The molecule has 1 saturated carbocycles. The van der Waals surface area contributed by atoms with E-state index in [0.29, 0.717) is 11.4 Å². The highest BCUT2D eigenvalue weighted by Crippen LogP contribution is 2.30. The average molecular weight is 380 g/mol. The van der Waals surface area contributed by atoms with Crippen LogP contribution in [0.5, 0.6) is 6.01 Å². The maximum Gasteiger partial charge on any atom is 0.336 e. The molecule has 0 bridgehead atoms. The minimum absolute atomic E-state index is 0.0570. The van der Waals surface area contributed by atoms with Crippen LogP contribution in [0.3, 0.4) is 0 Å². The summed E-state index contributed by atoms with van der Waals surface area (Å²) in [4.78, 5) is 16.3. The van der Waals surface area contributed by atoms with Crippen LogP contribution in [0, 0.1) is 11.7 Å². The summed E-state index contributed by atoms with van der Waals surface area (Å²) in [6.07, 6.45) is 1.83. The molecular weight excluding hydrogens is 359 g/mol. The van der Waals surface area contributed by atoms with E-state index < -0.39 is 0 Å². The Hall–Kier alpha value is -3.22. The number of hydrogen-bond donors (Lipinski definition) is 1. The second-order valence-corrected chi connectivity index (χ2v) is 7.12. The van der Waals surface area contributed by atoms with Gasteiger partial charge in [0.2, 0.25) is 5.91 Å². The SMILES string of the molecule is CC(C)Oc1nc(-c2cccc(F)c2)n(-c2ccc(NC(=O)C3CC3)cc2)n1. The molecule has 1 N–H and O–H groups in total. The van der Waals surface area contributed by atoms with E-state index in [1.807, 2.05) is 38.1 Å². The van der Waals surface area contributed by atoms with Gasteiger partial charge in [-0.1, -0.05) is 12.1 Å². The number of aromatic nitrogens is 3. The molecule has 144 valence electrons. The van der Waals surface area contributed by atoms with E-state index in [4.69, 9.17) is 4.74 Å². The van der Waals surface area contributed by atoms with Crippen molar-refractivity contribution in [2.75, 3.05) is 5.32 Å². The van der Waals surface area contributed by atoms with Crippen molar-refractivity contribution in [2.45, 2.75) is 32.8 Å². The maximum absolute atomic E-state index is 13.7. The molecule has 4 rings (SSSR count). The van der Waals surface area contributed by atoms with Crippen molar-refractivity contribution >= 4 is 11.6 Å². The topological polar surface area (TPSA) is 69.0 Å². The molecule has 3 aromatic rings. The number of benzene rings is 2. The predicted octanol–water partition coefficient (Wildman–Crippen LogP) is 4.21. The van der Waals surface area contributed by atoms with E-state index in [9.17, 15) is 9.18 Å². The summed E-state index contributed by atoms with van der Waals surface area (Å²) in [6.45, 7) is 3.78. The van der Waals surface area contributed by atoms with E-state index in [1.54, 1.807) is 16.8 Å². The van der Waals surface area contributed by atoms with Crippen LogP contribution in [0.4, 0.5) is 10.1 Å². The number of hydrogen-bond acceptors (Lipinski definition) is 4. The first-order valence-electron chi connectivity index (χ1n) is 9.30. The number of anilines is 1. The van der Waals surface area contributed by atoms with Crippen molar-refractivity contribution in [3.63, 3.8) is 0 Å². The van der Waals surface area contributed by atoms with Gasteiger partial charge in [-0.3, -0.25) is 4.79 Å². The van der Waals surface area contributed by atoms with Crippen LogP contribution in [0.2, 0.25) is 0 Å². The Morgan fingerprint density at radius 2 is 1.96 bits per heavy atom. The first-order chi connectivity index (χ1) is 13.5. The van der Waals surface area contributed by atoms with Crippen LogP contribution in [0.15, 0.2) is 48.5 Å². The highest BCUT2D eigenvalue weighted by molar-refractivity contribution is 5.94. The molecule has 1 aliphatic rings. The van der Waals surface area contributed by atoms with Crippen molar-refractivity contribution < 1.29 is 13.9 Å². The second kappa shape index (κ2) is 7.42. The van der Waals surface area contributed by atoms with Gasteiger partial charge in [-0.05, 0) is 63.1 Å². The number of nitrogens with one attached hydrogen (secondary N) is 1. The van der Waals surface area contributed by atoms with Crippen LogP contribution in [-0.4, -0.2) is 26.8 Å². The molecule has 2 aromatic carbocycles. The summed E-state index contributed by atoms with van der Waals surface area (Å²) in [7, 11) is 0. The monoisotopic (exact) mass is 380 g/mol. The smallest absolute Gasteiger partial charge is 0.336 e. The molecule has 0 spiro atoms. The lowest BCUT2D eigenvalue weighted by Crippen LogP contribution is -2.13. The van der Waals surface area contributed by atoms with Crippen LogP contribution >= 0.6 is 0 Å². The molecular formula is C21H21FN4O2. The molecule has 1 aliphatic carbocycles.